The van der Waals surface area contributed by atoms with Crippen molar-refractivity contribution in [2.75, 3.05) is 32.8 Å². The van der Waals surface area contributed by atoms with Gasteiger partial charge in [-0.3, -0.25) is 9.80 Å². The number of rotatable bonds is 8. The van der Waals surface area contributed by atoms with Crippen LogP contribution in [0.25, 0.3) is 0 Å². The summed E-state index contributed by atoms with van der Waals surface area (Å²) in [6.07, 6.45) is 1.71. The van der Waals surface area contributed by atoms with Gasteiger partial charge in [0.2, 0.25) is 11.8 Å². The molecule has 1 saturated heterocycles. The van der Waals surface area contributed by atoms with Gasteiger partial charge < -0.3 is 13.8 Å². The third-order valence-electron chi connectivity index (χ3n) is 4.95. The number of hydrogen-bond donors (Lipinski definition) is 0. The molecule has 0 aromatic carbocycles. The van der Waals surface area contributed by atoms with Crippen LogP contribution in [0.15, 0.2) is 9.05 Å². The van der Waals surface area contributed by atoms with Gasteiger partial charge in [-0.1, -0.05) is 17.2 Å². The highest BCUT2D eigenvalue weighted by Crippen LogP contribution is 2.21. The second-order valence-electron chi connectivity index (χ2n) is 6.89. The molecule has 0 amide bonds. The van der Waals surface area contributed by atoms with E-state index in [9.17, 15) is 0 Å². The van der Waals surface area contributed by atoms with E-state index < -0.39 is 0 Å². The molecule has 0 N–H and O–H groups in total. The molecule has 2 unspecified atom stereocenters. The second-order valence-corrected chi connectivity index (χ2v) is 6.89. The Morgan fingerprint density at radius 3 is 2.63 bits per heavy atom. The fraction of sp³-hybridized carbons (Fsp3) is 0.778. The smallest absolute Gasteiger partial charge is 0.243 e. The Hall–Kier alpha value is -1.84. The zero-order valence-corrected chi connectivity index (χ0v) is 16.7. The molecular weight excluding hydrogens is 348 g/mol. The molecule has 2 aromatic rings. The van der Waals surface area contributed by atoms with Gasteiger partial charge in [-0.25, -0.2) is 0 Å². The van der Waals surface area contributed by atoms with Gasteiger partial charge in [0.15, 0.2) is 11.6 Å². The second kappa shape index (κ2) is 9.38. The number of nitrogens with zero attached hydrogens (tertiary/aromatic N) is 6. The van der Waals surface area contributed by atoms with E-state index in [2.05, 4.69) is 37.0 Å². The summed E-state index contributed by atoms with van der Waals surface area (Å²) in [6.45, 7) is 13.2. The van der Waals surface area contributed by atoms with Crippen molar-refractivity contribution in [3.63, 3.8) is 0 Å². The Labute approximate surface area is 160 Å². The molecule has 2 atom stereocenters. The molecule has 0 aliphatic carbocycles. The predicted molar refractivity (Wildman–Crippen MR) is 97.9 cm³/mol. The summed E-state index contributed by atoms with van der Waals surface area (Å²) in [5, 5.41) is 8.05. The lowest BCUT2D eigenvalue weighted by molar-refractivity contribution is 0.0683. The highest BCUT2D eigenvalue weighted by molar-refractivity contribution is 4.93. The third kappa shape index (κ3) is 5.12. The molecule has 0 bridgehead atoms. The molecule has 27 heavy (non-hydrogen) atoms. The van der Waals surface area contributed by atoms with Crippen molar-refractivity contribution >= 4 is 0 Å². The maximum Gasteiger partial charge on any atom is 0.243 e. The Bertz CT molecular complexity index is 703. The van der Waals surface area contributed by atoms with Crippen LogP contribution in [0.1, 0.15) is 69.7 Å². The van der Waals surface area contributed by atoms with Gasteiger partial charge in [0.05, 0.1) is 12.6 Å². The molecule has 150 valence electrons. The largest absolute Gasteiger partial charge is 0.371 e. The molecular formula is C18H30N6O3. The minimum atomic E-state index is -0.143. The van der Waals surface area contributed by atoms with Gasteiger partial charge in [0.1, 0.15) is 6.10 Å². The lowest BCUT2D eigenvalue weighted by Gasteiger charge is -2.24. The van der Waals surface area contributed by atoms with Gasteiger partial charge in [0, 0.05) is 32.7 Å². The fourth-order valence-electron chi connectivity index (χ4n) is 3.29. The van der Waals surface area contributed by atoms with Gasteiger partial charge in [-0.15, -0.1) is 0 Å². The maximum atomic E-state index is 5.52. The van der Waals surface area contributed by atoms with E-state index in [4.69, 9.17) is 13.8 Å². The van der Waals surface area contributed by atoms with Crippen molar-refractivity contribution in [1.29, 1.82) is 0 Å². The maximum absolute atomic E-state index is 5.52. The van der Waals surface area contributed by atoms with Crippen LogP contribution in [0.5, 0.6) is 0 Å². The lowest BCUT2D eigenvalue weighted by Crippen LogP contribution is -2.32. The van der Waals surface area contributed by atoms with Crippen molar-refractivity contribution in [2.45, 2.75) is 59.2 Å². The average molecular weight is 378 g/mol. The van der Waals surface area contributed by atoms with E-state index in [-0.39, 0.29) is 12.1 Å². The first-order valence-corrected chi connectivity index (χ1v) is 9.83. The zero-order chi connectivity index (χ0) is 19.2. The summed E-state index contributed by atoms with van der Waals surface area (Å²) in [5.41, 5.74) is 0. The van der Waals surface area contributed by atoms with Crippen LogP contribution in [0.2, 0.25) is 0 Å². The Kier molecular flexibility index (Phi) is 6.92. The molecule has 9 heteroatoms. The normalized spacial score (nSPS) is 19.1. The summed E-state index contributed by atoms with van der Waals surface area (Å²) in [7, 11) is 0. The van der Waals surface area contributed by atoms with Gasteiger partial charge >= 0.3 is 0 Å². The Morgan fingerprint density at radius 1 is 1.04 bits per heavy atom. The number of hydrogen-bond acceptors (Lipinski definition) is 9. The summed E-state index contributed by atoms with van der Waals surface area (Å²) >= 11 is 0. The van der Waals surface area contributed by atoms with Crippen molar-refractivity contribution in [2.24, 2.45) is 0 Å². The van der Waals surface area contributed by atoms with E-state index in [1.807, 2.05) is 20.8 Å². The molecule has 0 radical (unpaired) electrons. The SMILES string of the molecule is CCOC(C)c1noc(CN2CCCN(C(C)c3nc(CC)no3)CC2)n1. The van der Waals surface area contributed by atoms with Crippen molar-refractivity contribution in [3.05, 3.63) is 23.4 Å². The van der Waals surface area contributed by atoms with Crippen LogP contribution in [-0.4, -0.2) is 62.9 Å². The van der Waals surface area contributed by atoms with Gasteiger partial charge in [0.25, 0.3) is 0 Å². The van der Waals surface area contributed by atoms with E-state index in [1.54, 1.807) is 0 Å². The average Bonchev–Trinajstić information content (AvgIpc) is 3.27. The van der Waals surface area contributed by atoms with Gasteiger partial charge in [-0.2, -0.15) is 9.97 Å². The van der Waals surface area contributed by atoms with Crippen molar-refractivity contribution in [1.82, 2.24) is 30.1 Å². The van der Waals surface area contributed by atoms with Crippen molar-refractivity contribution in [3.8, 4) is 0 Å². The summed E-state index contributed by atoms with van der Waals surface area (Å²) in [5.74, 6) is 2.72. The van der Waals surface area contributed by atoms with Crippen molar-refractivity contribution < 1.29 is 13.8 Å². The highest BCUT2D eigenvalue weighted by Gasteiger charge is 2.25. The van der Waals surface area contributed by atoms with Crippen LogP contribution >= 0.6 is 0 Å². The van der Waals surface area contributed by atoms with E-state index in [0.717, 1.165) is 44.8 Å². The van der Waals surface area contributed by atoms with Crippen LogP contribution in [0, 0.1) is 0 Å². The highest BCUT2D eigenvalue weighted by atomic mass is 16.5. The molecule has 1 aliphatic rings. The number of aromatic nitrogens is 4. The molecule has 1 fully saturated rings. The molecule has 0 spiro atoms. The van der Waals surface area contributed by atoms with E-state index in [0.29, 0.717) is 30.8 Å². The van der Waals surface area contributed by atoms with Crippen LogP contribution in [-0.2, 0) is 17.7 Å². The van der Waals surface area contributed by atoms with Crippen LogP contribution < -0.4 is 0 Å². The number of ether oxygens (including phenoxy) is 1. The Morgan fingerprint density at radius 2 is 1.89 bits per heavy atom. The first kappa shape index (κ1) is 19.9. The fourth-order valence-corrected chi connectivity index (χ4v) is 3.29. The number of aryl methyl sites for hydroxylation is 1. The Balaban J connectivity index is 1.53. The van der Waals surface area contributed by atoms with E-state index in [1.165, 1.54) is 0 Å². The zero-order valence-electron chi connectivity index (χ0n) is 16.7. The topological polar surface area (TPSA) is 93.6 Å². The molecule has 1 aliphatic heterocycles. The monoisotopic (exact) mass is 378 g/mol. The summed E-state index contributed by atoms with van der Waals surface area (Å²) in [6, 6.07) is 0.125. The van der Waals surface area contributed by atoms with E-state index >= 15 is 0 Å². The first-order valence-electron chi connectivity index (χ1n) is 9.83. The lowest BCUT2D eigenvalue weighted by atomic mass is 10.2. The van der Waals surface area contributed by atoms with Gasteiger partial charge in [-0.05, 0) is 33.7 Å². The minimum absolute atomic E-state index is 0.125. The molecule has 0 saturated carbocycles. The minimum Gasteiger partial charge on any atom is -0.371 e. The third-order valence-corrected chi connectivity index (χ3v) is 4.95. The quantitative estimate of drug-likeness (QED) is 0.686. The predicted octanol–water partition coefficient (Wildman–Crippen LogP) is 2.38. The molecule has 9 nitrogen and oxygen atoms in total. The molecule has 3 heterocycles. The molecule has 2 aromatic heterocycles. The van der Waals surface area contributed by atoms with Crippen LogP contribution in [0.3, 0.4) is 0 Å². The first-order chi connectivity index (χ1) is 13.1. The molecule has 3 rings (SSSR count). The van der Waals surface area contributed by atoms with Crippen LogP contribution in [0.4, 0.5) is 0 Å². The summed E-state index contributed by atoms with van der Waals surface area (Å²) < 4.78 is 16.3. The standard InChI is InChI=1S/C18H30N6O3/c1-5-15-19-18(27-21-15)13(3)24-9-7-8-23(10-11-24)12-16-20-17(22-26-16)14(4)25-6-2/h13-14H,5-12H2,1-4H3. The summed E-state index contributed by atoms with van der Waals surface area (Å²) in [4.78, 5) is 13.7.